The molecule has 0 aliphatic carbocycles. The largest absolute Gasteiger partial charge is 0.416 e. The van der Waals surface area contributed by atoms with Crippen molar-refractivity contribution in [1.29, 1.82) is 0 Å². The summed E-state index contributed by atoms with van der Waals surface area (Å²) < 4.78 is 42.5. The molecule has 158 valence electrons. The highest BCUT2D eigenvalue weighted by molar-refractivity contribution is 7.25. The van der Waals surface area contributed by atoms with Gasteiger partial charge in [-0.1, -0.05) is 24.3 Å². The average Bonchev–Trinajstić information content (AvgIpc) is 3.31. The van der Waals surface area contributed by atoms with E-state index in [0.717, 1.165) is 41.2 Å². The predicted octanol–water partition coefficient (Wildman–Crippen LogP) is 7.50. The van der Waals surface area contributed by atoms with Gasteiger partial charge in [0, 0.05) is 36.8 Å². The number of thiophene rings is 1. The highest BCUT2D eigenvalue weighted by atomic mass is 32.1. The molecule has 5 aromatic rings. The van der Waals surface area contributed by atoms with Gasteiger partial charge in [-0.15, -0.1) is 11.3 Å². The Morgan fingerprint density at radius 3 is 2.45 bits per heavy atom. The summed E-state index contributed by atoms with van der Waals surface area (Å²) in [6.45, 7) is 0.568. The molecule has 0 saturated heterocycles. The highest BCUT2D eigenvalue weighted by Gasteiger charge is 2.31. The summed E-state index contributed by atoms with van der Waals surface area (Å²) in [5, 5.41) is 3.00. The normalized spacial score (nSPS) is 12.4. The van der Waals surface area contributed by atoms with Gasteiger partial charge in [-0.05, 0) is 73.3 Å². The van der Waals surface area contributed by atoms with Crippen LogP contribution >= 0.6 is 11.3 Å². The van der Waals surface area contributed by atoms with Gasteiger partial charge in [0.25, 0.3) is 0 Å². The number of aromatic amines is 1. The molecular formula is C25H21F3N2S. The second-order valence-electron chi connectivity index (χ2n) is 7.79. The Morgan fingerprint density at radius 2 is 1.65 bits per heavy atom. The van der Waals surface area contributed by atoms with Crippen LogP contribution in [0.4, 0.5) is 13.2 Å². The number of benzene rings is 3. The van der Waals surface area contributed by atoms with Crippen molar-refractivity contribution >= 4 is 42.4 Å². The van der Waals surface area contributed by atoms with Crippen LogP contribution in [0.15, 0.2) is 60.7 Å². The number of H-pyrrole nitrogens is 1. The van der Waals surface area contributed by atoms with Crippen molar-refractivity contribution < 1.29 is 13.2 Å². The van der Waals surface area contributed by atoms with E-state index in [-0.39, 0.29) is 0 Å². The van der Waals surface area contributed by atoms with Gasteiger partial charge in [0.1, 0.15) is 0 Å². The monoisotopic (exact) mass is 438 g/mol. The van der Waals surface area contributed by atoms with E-state index in [9.17, 15) is 13.2 Å². The van der Waals surface area contributed by atoms with Crippen LogP contribution in [0.5, 0.6) is 0 Å². The van der Waals surface area contributed by atoms with E-state index in [2.05, 4.69) is 35.3 Å². The van der Waals surface area contributed by atoms with E-state index in [0.29, 0.717) is 18.4 Å². The first kappa shape index (κ1) is 20.1. The Morgan fingerprint density at radius 1 is 0.839 bits per heavy atom. The lowest BCUT2D eigenvalue weighted by Crippen LogP contribution is -2.04. The van der Waals surface area contributed by atoms with Gasteiger partial charge in [-0.2, -0.15) is 13.2 Å². The van der Waals surface area contributed by atoms with Crippen LogP contribution in [0.1, 0.15) is 24.0 Å². The number of aryl methyl sites for hydroxylation is 1. The second-order valence-corrected chi connectivity index (χ2v) is 8.88. The minimum Gasteiger partial charge on any atom is -0.354 e. The summed E-state index contributed by atoms with van der Waals surface area (Å²) in [6, 6.07) is 18.5. The first-order valence-corrected chi connectivity index (χ1v) is 11.1. The third-order valence-corrected chi connectivity index (χ3v) is 6.93. The molecule has 0 spiro atoms. The number of halogens is 3. The predicted molar refractivity (Wildman–Crippen MR) is 124 cm³/mol. The van der Waals surface area contributed by atoms with Crippen LogP contribution < -0.4 is 5.73 Å². The molecule has 2 nitrogen and oxygen atoms in total. The lowest BCUT2D eigenvalue weighted by atomic mass is 9.98. The van der Waals surface area contributed by atoms with Crippen LogP contribution in [-0.4, -0.2) is 11.5 Å². The average molecular weight is 439 g/mol. The van der Waals surface area contributed by atoms with Crippen molar-refractivity contribution in [1.82, 2.24) is 4.98 Å². The number of nitrogens with two attached hydrogens (primary N) is 1. The fourth-order valence-electron chi connectivity index (χ4n) is 4.26. The minimum atomic E-state index is -4.37. The number of fused-ring (bicyclic) bond motifs is 4. The molecule has 6 heteroatoms. The van der Waals surface area contributed by atoms with Gasteiger partial charge >= 0.3 is 6.18 Å². The number of hydrogen-bond acceptors (Lipinski definition) is 2. The summed E-state index contributed by atoms with van der Waals surface area (Å²) in [5.41, 5.74) is 8.57. The number of nitrogens with one attached hydrogen (secondary N) is 1. The summed E-state index contributed by atoms with van der Waals surface area (Å²) in [5.74, 6) is 0. The highest BCUT2D eigenvalue weighted by Crippen LogP contribution is 2.39. The van der Waals surface area contributed by atoms with Crippen molar-refractivity contribution in [3.63, 3.8) is 0 Å². The molecule has 5 rings (SSSR count). The van der Waals surface area contributed by atoms with Gasteiger partial charge in [0.2, 0.25) is 0 Å². The summed E-state index contributed by atoms with van der Waals surface area (Å²) in [6.07, 6.45) is -2.03. The van der Waals surface area contributed by atoms with E-state index in [1.165, 1.54) is 32.3 Å². The fraction of sp³-hybridized carbons (Fsp3) is 0.200. The maximum absolute atomic E-state index is 13.3. The van der Waals surface area contributed by atoms with Gasteiger partial charge in [-0.25, -0.2) is 0 Å². The maximum Gasteiger partial charge on any atom is 0.416 e. The van der Waals surface area contributed by atoms with Crippen LogP contribution in [-0.2, 0) is 12.6 Å². The number of unbranched alkanes of at least 4 members (excludes halogenated alkanes) is 1. The van der Waals surface area contributed by atoms with Crippen molar-refractivity contribution in [2.75, 3.05) is 6.54 Å². The molecule has 31 heavy (non-hydrogen) atoms. The molecule has 2 heterocycles. The molecular weight excluding hydrogens is 417 g/mol. The number of hydrogen-bond donors (Lipinski definition) is 2. The number of rotatable bonds is 5. The van der Waals surface area contributed by atoms with E-state index in [1.807, 2.05) is 12.1 Å². The Balaban J connectivity index is 1.70. The zero-order valence-electron chi connectivity index (χ0n) is 16.7. The smallest absolute Gasteiger partial charge is 0.354 e. The van der Waals surface area contributed by atoms with Gasteiger partial charge < -0.3 is 10.7 Å². The molecule has 0 aliphatic heterocycles. The molecule has 0 saturated carbocycles. The zero-order chi connectivity index (χ0) is 21.6. The minimum absolute atomic E-state index is 0.568. The molecule has 0 amide bonds. The number of alkyl halides is 3. The van der Waals surface area contributed by atoms with Crippen molar-refractivity contribution in [2.45, 2.75) is 25.4 Å². The molecule has 0 bridgehead atoms. The Kier molecular flexibility index (Phi) is 4.99. The number of aromatic nitrogens is 1. The van der Waals surface area contributed by atoms with Crippen molar-refractivity contribution in [3.05, 3.63) is 71.8 Å². The SMILES string of the molecule is NCCCCc1c(-c2ccc3sc4ccccc4c3c2)[nH]c2ccc(C(F)(F)F)cc12. The third kappa shape index (κ3) is 3.60. The molecule has 3 aromatic carbocycles. The third-order valence-electron chi connectivity index (χ3n) is 5.78. The Hall–Kier alpha value is -2.83. The van der Waals surface area contributed by atoms with Crippen molar-refractivity contribution in [3.8, 4) is 11.3 Å². The quantitative estimate of drug-likeness (QED) is 0.274. The first-order chi connectivity index (χ1) is 15.0. The lowest BCUT2D eigenvalue weighted by Gasteiger charge is -2.08. The van der Waals surface area contributed by atoms with Gasteiger partial charge in [0.15, 0.2) is 0 Å². The molecule has 0 atom stereocenters. The zero-order valence-corrected chi connectivity index (χ0v) is 17.5. The standard InChI is InChI=1S/C25H21F3N2S/c26-25(27,28)16-9-10-21-19(14-16)18(6-3-4-12-29)24(30-21)15-8-11-23-20(13-15)17-5-1-2-7-22(17)31-23/h1-2,5,7-11,13-14,30H,3-4,6,12,29H2. The molecule has 3 N–H and O–H groups in total. The lowest BCUT2D eigenvalue weighted by molar-refractivity contribution is -0.137. The van der Waals surface area contributed by atoms with Gasteiger partial charge in [-0.3, -0.25) is 0 Å². The molecule has 0 aliphatic rings. The van der Waals surface area contributed by atoms with E-state index in [4.69, 9.17) is 5.73 Å². The molecule has 0 radical (unpaired) electrons. The van der Waals surface area contributed by atoms with E-state index >= 15 is 0 Å². The van der Waals surface area contributed by atoms with Crippen LogP contribution in [0.3, 0.4) is 0 Å². The molecule has 2 aromatic heterocycles. The Labute approximate surface area is 181 Å². The van der Waals surface area contributed by atoms with E-state index < -0.39 is 11.7 Å². The summed E-state index contributed by atoms with van der Waals surface area (Å²) >= 11 is 1.75. The topological polar surface area (TPSA) is 41.8 Å². The maximum atomic E-state index is 13.3. The van der Waals surface area contributed by atoms with Gasteiger partial charge in [0.05, 0.1) is 5.56 Å². The van der Waals surface area contributed by atoms with Crippen LogP contribution in [0, 0.1) is 0 Å². The summed E-state index contributed by atoms with van der Waals surface area (Å²) in [4.78, 5) is 3.40. The fourth-order valence-corrected chi connectivity index (χ4v) is 5.34. The van der Waals surface area contributed by atoms with Crippen molar-refractivity contribution in [2.24, 2.45) is 5.73 Å². The molecule has 0 fully saturated rings. The van der Waals surface area contributed by atoms with E-state index in [1.54, 1.807) is 11.3 Å². The second kappa shape index (κ2) is 7.70. The molecule has 0 unspecified atom stereocenters. The summed E-state index contributed by atoms with van der Waals surface area (Å²) in [7, 11) is 0. The van der Waals surface area contributed by atoms with Crippen LogP contribution in [0.2, 0.25) is 0 Å². The first-order valence-electron chi connectivity index (χ1n) is 10.3. The van der Waals surface area contributed by atoms with Crippen LogP contribution in [0.25, 0.3) is 42.3 Å². The Bertz CT molecular complexity index is 1390.